The molecule has 0 aliphatic heterocycles. The minimum absolute atomic E-state index is 0.146. The van der Waals surface area contributed by atoms with E-state index in [1.165, 1.54) is 0 Å². The van der Waals surface area contributed by atoms with E-state index < -0.39 is 30.2 Å². The first kappa shape index (κ1) is 20.1. The summed E-state index contributed by atoms with van der Waals surface area (Å²) in [6.07, 6.45) is -4.68. The molecule has 0 aromatic heterocycles. The van der Waals surface area contributed by atoms with Crippen molar-refractivity contribution in [3.8, 4) is 0 Å². The standard InChI is InChI=1S/C17H12Cl2F3NO3/c18-13-2-1-3-14(19)12(13)8-16(25)26-9-15(24)23-11-6-4-10(5-7-11)17(20,21)22/h1-7H,8-9H2,(H,23,24). The average Bonchev–Trinajstić information content (AvgIpc) is 2.56. The van der Waals surface area contributed by atoms with Crippen LogP contribution in [0.4, 0.5) is 18.9 Å². The highest BCUT2D eigenvalue weighted by atomic mass is 35.5. The van der Waals surface area contributed by atoms with E-state index in [1.54, 1.807) is 18.2 Å². The summed E-state index contributed by atoms with van der Waals surface area (Å²) >= 11 is 11.9. The SMILES string of the molecule is O=C(COC(=O)Cc1c(Cl)cccc1Cl)Nc1ccc(C(F)(F)F)cc1. The van der Waals surface area contributed by atoms with Gasteiger partial charge in [-0.1, -0.05) is 29.3 Å². The Balaban J connectivity index is 1.86. The van der Waals surface area contributed by atoms with E-state index in [0.29, 0.717) is 15.6 Å². The second-order valence-corrected chi connectivity index (χ2v) is 5.98. The lowest BCUT2D eigenvalue weighted by atomic mass is 10.1. The van der Waals surface area contributed by atoms with Gasteiger partial charge in [0.15, 0.2) is 6.61 Å². The third-order valence-corrected chi connectivity index (χ3v) is 3.95. The number of esters is 1. The summed E-state index contributed by atoms with van der Waals surface area (Å²) in [6, 6.07) is 8.62. The first-order valence-corrected chi connectivity index (χ1v) is 7.98. The number of alkyl halides is 3. The second kappa shape index (κ2) is 8.42. The number of hydrogen-bond donors (Lipinski definition) is 1. The highest BCUT2D eigenvalue weighted by Crippen LogP contribution is 2.29. The van der Waals surface area contributed by atoms with Crippen molar-refractivity contribution >= 4 is 40.8 Å². The van der Waals surface area contributed by atoms with Crippen molar-refractivity contribution in [2.75, 3.05) is 11.9 Å². The van der Waals surface area contributed by atoms with Crippen LogP contribution in [0, 0.1) is 0 Å². The van der Waals surface area contributed by atoms with Crippen LogP contribution < -0.4 is 5.32 Å². The number of carbonyl (C=O) groups is 2. The Bertz CT molecular complexity index is 788. The molecule has 0 heterocycles. The molecular formula is C17H12Cl2F3NO3. The first-order chi connectivity index (χ1) is 12.2. The van der Waals surface area contributed by atoms with Gasteiger partial charge in [0.25, 0.3) is 5.91 Å². The molecule has 0 spiro atoms. The molecule has 0 fully saturated rings. The Kier molecular flexibility index (Phi) is 6.50. The smallest absolute Gasteiger partial charge is 0.416 e. The van der Waals surface area contributed by atoms with Gasteiger partial charge in [-0.15, -0.1) is 0 Å². The van der Waals surface area contributed by atoms with Crippen molar-refractivity contribution in [3.05, 3.63) is 63.6 Å². The molecule has 2 rings (SSSR count). The quantitative estimate of drug-likeness (QED) is 0.731. The van der Waals surface area contributed by atoms with Crippen LogP contribution in [0.25, 0.3) is 0 Å². The van der Waals surface area contributed by atoms with Gasteiger partial charge in [0, 0.05) is 21.3 Å². The van der Waals surface area contributed by atoms with E-state index in [-0.39, 0.29) is 12.1 Å². The molecule has 1 amide bonds. The molecule has 138 valence electrons. The van der Waals surface area contributed by atoms with Crippen molar-refractivity contribution in [1.82, 2.24) is 0 Å². The van der Waals surface area contributed by atoms with Crippen molar-refractivity contribution in [1.29, 1.82) is 0 Å². The Morgan fingerprint density at radius 1 is 1.00 bits per heavy atom. The minimum Gasteiger partial charge on any atom is -0.455 e. The lowest BCUT2D eigenvalue weighted by Crippen LogP contribution is -2.21. The van der Waals surface area contributed by atoms with Crippen LogP contribution in [-0.4, -0.2) is 18.5 Å². The maximum Gasteiger partial charge on any atom is 0.416 e. The number of benzene rings is 2. The highest BCUT2D eigenvalue weighted by molar-refractivity contribution is 6.36. The van der Waals surface area contributed by atoms with Gasteiger partial charge in [-0.3, -0.25) is 9.59 Å². The number of halogens is 5. The van der Waals surface area contributed by atoms with E-state index in [2.05, 4.69) is 5.32 Å². The van der Waals surface area contributed by atoms with Crippen LogP contribution in [0.1, 0.15) is 11.1 Å². The maximum absolute atomic E-state index is 12.5. The van der Waals surface area contributed by atoms with E-state index in [0.717, 1.165) is 24.3 Å². The Hall–Kier alpha value is -2.25. The molecular weight excluding hydrogens is 394 g/mol. The summed E-state index contributed by atoms with van der Waals surface area (Å²) < 4.78 is 42.2. The van der Waals surface area contributed by atoms with Crippen molar-refractivity contribution < 1.29 is 27.5 Å². The van der Waals surface area contributed by atoms with Gasteiger partial charge in [-0.05, 0) is 36.4 Å². The monoisotopic (exact) mass is 405 g/mol. The van der Waals surface area contributed by atoms with E-state index in [1.807, 2.05) is 0 Å². The molecule has 9 heteroatoms. The third-order valence-electron chi connectivity index (χ3n) is 3.24. The zero-order chi connectivity index (χ0) is 19.3. The van der Waals surface area contributed by atoms with Crippen molar-refractivity contribution in [2.24, 2.45) is 0 Å². The van der Waals surface area contributed by atoms with Gasteiger partial charge < -0.3 is 10.1 Å². The number of anilines is 1. The fourth-order valence-corrected chi connectivity index (χ4v) is 2.51. The number of hydrogen-bond acceptors (Lipinski definition) is 3. The average molecular weight is 406 g/mol. The lowest BCUT2D eigenvalue weighted by Gasteiger charge is -2.10. The number of carbonyl (C=O) groups excluding carboxylic acids is 2. The Morgan fingerprint density at radius 3 is 2.12 bits per heavy atom. The summed E-state index contributed by atoms with van der Waals surface area (Å²) in [5, 5.41) is 2.92. The Morgan fingerprint density at radius 2 is 1.58 bits per heavy atom. The van der Waals surface area contributed by atoms with Gasteiger partial charge in [-0.2, -0.15) is 13.2 Å². The van der Waals surface area contributed by atoms with Crippen LogP contribution in [-0.2, 0) is 26.9 Å². The zero-order valence-electron chi connectivity index (χ0n) is 13.1. The van der Waals surface area contributed by atoms with Crippen LogP contribution >= 0.6 is 23.2 Å². The molecule has 0 bridgehead atoms. The Labute approximate surface area is 156 Å². The molecule has 0 saturated heterocycles. The largest absolute Gasteiger partial charge is 0.455 e. The van der Waals surface area contributed by atoms with Gasteiger partial charge in [0.05, 0.1) is 12.0 Å². The van der Waals surface area contributed by atoms with Crippen molar-refractivity contribution in [3.63, 3.8) is 0 Å². The van der Waals surface area contributed by atoms with Gasteiger partial charge in [0.1, 0.15) is 0 Å². The third kappa shape index (κ3) is 5.64. The summed E-state index contributed by atoms with van der Waals surface area (Å²) in [5.74, 6) is -1.41. The second-order valence-electron chi connectivity index (χ2n) is 5.16. The molecule has 1 N–H and O–H groups in total. The minimum atomic E-state index is -4.46. The molecule has 0 saturated carbocycles. The summed E-state index contributed by atoms with van der Waals surface area (Å²) in [5.41, 5.74) is -0.310. The number of ether oxygens (including phenoxy) is 1. The van der Waals surface area contributed by atoms with E-state index in [4.69, 9.17) is 27.9 Å². The maximum atomic E-state index is 12.5. The van der Waals surface area contributed by atoms with Crippen LogP contribution in [0.5, 0.6) is 0 Å². The number of rotatable bonds is 5. The zero-order valence-corrected chi connectivity index (χ0v) is 14.6. The molecule has 0 unspecified atom stereocenters. The fourth-order valence-electron chi connectivity index (χ4n) is 1.98. The highest BCUT2D eigenvalue weighted by Gasteiger charge is 2.30. The predicted octanol–water partition coefficient (Wildman–Crippen LogP) is 4.74. The molecule has 2 aromatic rings. The molecule has 26 heavy (non-hydrogen) atoms. The summed E-state index contributed by atoms with van der Waals surface area (Å²) in [4.78, 5) is 23.5. The van der Waals surface area contributed by atoms with Gasteiger partial charge in [0.2, 0.25) is 0 Å². The van der Waals surface area contributed by atoms with Crippen LogP contribution in [0.2, 0.25) is 10.0 Å². The summed E-state index contributed by atoms with van der Waals surface area (Å²) in [7, 11) is 0. The molecule has 0 aliphatic carbocycles. The van der Waals surface area contributed by atoms with Gasteiger partial charge in [-0.25, -0.2) is 0 Å². The van der Waals surface area contributed by atoms with Crippen LogP contribution in [0.15, 0.2) is 42.5 Å². The molecule has 4 nitrogen and oxygen atoms in total. The summed E-state index contributed by atoms with van der Waals surface area (Å²) in [6.45, 7) is -0.595. The van der Waals surface area contributed by atoms with Gasteiger partial charge >= 0.3 is 12.1 Å². The topological polar surface area (TPSA) is 55.4 Å². The normalized spacial score (nSPS) is 11.1. The van der Waals surface area contributed by atoms with Crippen LogP contribution in [0.3, 0.4) is 0 Å². The lowest BCUT2D eigenvalue weighted by molar-refractivity contribution is -0.146. The van der Waals surface area contributed by atoms with E-state index >= 15 is 0 Å². The molecule has 0 aliphatic rings. The number of nitrogens with one attached hydrogen (secondary N) is 1. The fraction of sp³-hybridized carbons (Fsp3) is 0.176. The first-order valence-electron chi connectivity index (χ1n) is 7.22. The predicted molar refractivity (Wildman–Crippen MR) is 91.2 cm³/mol. The van der Waals surface area contributed by atoms with Crippen molar-refractivity contribution in [2.45, 2.75) is 12.6 Å². The number of amides is 1. The molecule has 2 aromatic carbocycles. The molecule has 0 atom stereocenters. The van der Waals surface area contributed by atoms with E-state index in [9.17, 15) is 22.8 Å². The molecule has 0 radical (unpaired) electrons.